The largest absolute Gasteiger partial charge is 0.507 e. The number of aromatic hydroxyl groups is 1. The van der Waals surface area contributed by atoms with Gasteiger partial charge in [0.15, 0.2) is 5.78 Å². The Labute approximate surface area is 225 Å². The lowest BCUT2D eigenvalue weighted by molar-refractivity contribution is 0.0842. The molecule has 0 radical (unpaired) electrons. The molecule has 2 heterocycles. The van der Waals surface area contributed by atoms with E-state index in [1.165, 1.54) is 38.2 Å². The summed E-state index contributed by atoms with van der Waals surface area (Å²) in [6, 6.07) is 10.8. The van der Waals surface area contributed by atoms with Gasteiger partial charge < -0.3 is 14.6 Å². The Morgan fingerprint density at radius 3 is 2.68 bits per heavy atom. The summed E-state index contributed by atoms with van der Waals surface area (Å²) in [5, 5.41) is 18.8. The number of aromatic nitrogens is 3. The van der Waals surface area contributed by atoms with Crippen LogP contribution in [0.5, 0.6) is 17.2 Å². The zero-order chi connectivity index (χ0) is 27.0. The number of carbonyl (C=O) groups excluding carboxylic acids is 1. The lowest BCUT2D eigenvalue weighted by atomic mass is 9.92. The van der Waals surface area contributed by atoms with Gasteiger partial charge in [-0.1, -0.05) is 62.4 Å². The summed E-state index contributed by atoms with van der Waals surface area (Å²) in [4.78, 5) is 12.8. The smallest absolute Gasteiger partial charge is 0.189 e. The molecule has 0 amide bonds. The summed E-state index contributed by atoms with van der Waals surface area (Å²) in [7, 11) is 0. The van der Waals surface area contributed by atoms with E-state index in [2.05, 4.69) is 17.2 Å². The number of ketones is 1. The van der Waals surface area contributed by atoms with Crippen molar-refractivity contribution >= 4 is 11.9 Å². The molecule has 0 unspecified atom stereocenters. The highest BCUT2D eigenvalue weighted by atomic mass is 16.5. The zero-order valence-electron chi connectivity index (χ0n) is 22.8. The minimum Gasteiger partial charge on any atom is -0.507 e. The number of phenolic OH excluding ortho intramolecular Hbond substituents is 1. The van der Waals surface area contributed by atoms with E-state index in [1.54, 1.807) is 18.2 Å². The Hall–Kier alpha value is -3.61. The predicted octanol–water partition coefficient (Wildman–Crippen LogP) is 6.92. The summed E-state index contributed by atoms with van der Waals surface area (Å²) < 4.78 is 13.7. The van der Waals surface area contributed by atoms with Crippen molar-refractivity contribution in [1.82, 2.24) is 15.0 Å². The van der Waals surface area contributed by atoms with Gasteiger partial charge in [0, 0.05) is 12.6 Å². The summed E-state index contributed by atoms with van der Waals surface area (Å²) in [6.07, 6.45) is 14.3. The van der Waals surface area contributed by atoms with Crippen molar-refractivity contribution in [2.75, 3.05) is 0 Å². The molecular formula is C31H39N3O4. The Bertz CT molecular complexity index is 1240. The van der Waals surface area contributed by atoms with E-state index in [9.17, 15) is 9.90 Å². The average Bonchev–Trinajstić information content (AvgIpc) is 3.35. The van der Waals surface area contributed by atoms with Crippen LogP contribution in [0.2, 0.25) is 0 Å². The molecule has 202 valence electrons. The minimum atomic E-state index is -0.271. The molecular weight excluding hydrogens is 478 g/mol. The third kappa shape index (κ3) is 7.70. The molecule has 1 aliphatic heterocycles. The number of allylic oxidation sites excluding steroid dienone is 1. The highest BCUT2D eigenvalue weighted by Gasteiger charge is 2.28. The number of ether oxygens (including phenoxy) is 2. The second kappa shape index (κ2) is 12.8. The van der Waals surface area contributed by atoms with Crippen LogP contribution in [-0.4, -0.2) is 31.5 Å². The monoisotopic (exact) mass is 517 g/mol. The van der Waals surface area contributed by atoms with Gasteiger partial charge in [-0.25, -0.2) is 0 Å². The maximum absolute atomic E-state index is 12.8. The van der Waals surface area contributed by atoms with Crippen LogP contribution in [0, 0.1) is 0 Å². The first-order valence-corrected chi connectivity index (χ1v) is 13.7. The Morgan fingerprint density at radius 1 is 1.13 bits per heavy atom. The Morgan fingerprint density at radius 2 is 1.89 bits per heavy atom. The second-order valence-corrected chi connectivity index (χ2v) is 10.6. The van der Waals surface area contributed by atoms with Crippen LogP contribution in [0.15, 0.2) is 48.7 Å². The fraction of sp³-hybridized carbons (Fsp3) is 0.452. The fourth-order valence-corrected chi connectivity index (χ4v) is 4.55. The number of carbonyl (C=O) groups is 1. The number of aryl methyl sites for hydroxylation is 2. The van der Waals surface area contributed by atoms with Gasteiger partial charge in [0.25, 0.3) is 0 Å². The van der Waals surface area contributed by atoms with Crippen molar-refractivity contribution in [3.8, 4) is 17.2 Å². The molecule has 1 aromatic heterocycles. The first-order valence-electron chi connectivity index (χ1n) is 13.7. The van der Waals surface area contributed by atoms with Gasteiger partial charge in [-0.2, -0.15) is 0 Å². The van der Waals surface area contributed by atoms with E-state index in [-0.39, 0.29) is 22.7 Å². The van der Waals surface area contributed by atoms with Gasteiger partial charge in [0.05, 0.1) is 11.8 Å². The van der Waals surface area contributed by atoms with Crippen LogP contribution >= 0.6 is 0 Å². The van der Waals surface area contributed by atoms with Gasteiger partial charge >= 0.3 is 0 Å². The van der Waals surface area contributed by atoms with Crippen molar-refractivity contribution in [2.45, 2.75) is 90.9 Å². The van der Waals surface area contributed by atoms with Gasteiger partial charge in [-0.3, -0.25) is 9.48 Å². The minimum absolute atomic E-state index is 0.0660. The number of benzene rings is 2. The zero-order valence-corrected chi connectivity index (χ0v) is 22.8. The van der Waals surface area contributed by atoms with Crippen molar-refractivity contribution in [1.29, 1.82) is 0 Å². The highest BCUT2D eigenvalue weighted by Crippen LogP contribution is 2.37. The Balaban J connectivity index is 1.26. The molecule has 0 atom stereocenters. The summed E-state index contributed by atoms with van der Waals surface area (Å²) in [6.45, 7) is 7.51. The molecule has 1 aliphatic rings. The van der Waals surface area contributed by atoms with E-state index in [0.29, 0.717) is 18.1 Å². The fourth-order valence-electron chi connectivity index (χ4n) is 4.55. The number of fused-ring (bicyclic) bond motifs is 1. The number of hydrogen-bond donors (Lipinski definition) is 1. The van der Waals surface area contributed by atoms with Gasteiger partial charge in [0.1, 0.15) is 35.2 Å². The molecule has 0 saturated carbocycles. The molecule has 0 aliphatic carbocycles. The first-order chi connectivity index (χ1) is 18.3. The summed E-state index contributed by atoms with van der Waals surface area (Å²) in [5.41, 5.74) is 2.62. The number of hydrogen-bond acceptors (Lipinski definition) is 6. The number of rotatable bonds is 13. The summed E-state index contributed by atoms with van der Waals surface area (Å²) in [5.74, 6) is 1.05. The molecule has 0 saturated heterocycles. The lowest BCUT2D eigenvalue weighted by Gasteiger charge is -2.32. The normalized spacial score (nSPS) is 14.3. The summed E-state index contributed by atoms with van der Waals surface area (Å²) >= 11 is 0. The molecule has 0 fully saturated rings. The molecule has 0 spiro atoms. The van der Waals surface area contributed by atoms with Gasteiger partial charge in [-0.05, 0) is 68.5 Å². The standard InChI is InChI=1S/C31H39N3O4/c1-4-5-6-7-8-9-18-34-21-25(32-33-34)22-37-26-13-10-23(11-14-26)12-15-28(35)27-19-24-16-17-31(2,3)38-30(24)20-29(27)36/h10-15,19-21,36H,4-9,16-18,22H2,1-3H3/b15-12+. The molecule has 2 aromatic carbocycles. The maximum atomic E-state index is 12.8. The predicted molar refractivity (Wildman–Crippen MR) is 149 cm³/mol. The molecule has 7 nitrogen and oxygen atoms in total. The van der Waals surface area contributed by atoms with Crippen molar-refractivity contribution in [3.63, 3.8) is 0 Å². The van der Waals surface area contributed by atoms with Crippen LogP contribution in [0.3, 0.4) is 0 Å². The first kappa shape index (κ1) is 27.4. The SMILES string of the molecule is CCCCCCCCn1cc(COc2ccc(/C=C/C(=O)c3cc4c(cc3O)OC(C)(C)CC4)cc2)nn1. The molecule has 7 heteroatoms. The van der Waals surface area contributed by atoms with E-state index < -0.39 is 0 Å². The van der Waals surface area contributed by atoms with E-state index in [0.717, 1.165) is 42.6 Å². The number of unbranched alkanes of at least 4 members (excludes halogenated alkanes) is 5. The topological polar surface area (TPSA) is 86.5 Å². The number of nitrogens with zero attached hydrogens (tertiary/aromatic N) is 3. The van der Waals surface area contributed by atoms with Crippen molar-refractivity contribution in [2.24, 2.45) is 0 Å². The molecule has 1 N–H and O–H groups in total. The molecule has 3 aromatic rings. The highest BCUT2D eigenvalue weighted by molar-refractivity contribution is 6.08. The quantitative estimate of drug-likeness (QED) is 0.150. The lowest BCUT2D eigenvalue weighted by Crippen LogP contribution is -2.32. The van der Waals surface area contributed by atoms with E-state index in [4.69, 9.17) is 9.47 Å². The van der Waals surface area contributed by atoms with E-state index >= 15 is 0 Å². The van der Waals surface area contributed by atoms with Crippen LogP contribution in [0.1, 0.15) is 92.9 Å². The third-order valence-electron chi connectivity index (χ3n) is 6.85. The van der Waals surface area contributed by atoms with Crippen molar-refractivity contribution in [3.05, 3.63) is 71.1 Å². The molecule has 4 rings (SSSR count). The van der Waals surface area contributed by atoms with Crippen LogP contribution in [0.25, 0.3) is 6.08 Å². The molecule has 38 heavy (non-hydrogen) atoms. The van der Waals surface area contributed by atoms with Crippen LogP contribution < -0.4 is 9.47 Å². The maximum Gasteiger partial charge on any atom is 0.189 e. The van der Waals surface area contributed by atoms with E-state index in [1.807, 2.05) is 49.0 Å². The number of phenols is 1. The Kier molecular flexibility index (Phi) is 9.21. The van der Waals surface area contributed by atoms with Gasteiger partial charge in [-0.15, -0.1) is 5.10 Å². The molecule has 0 bridgehead atoms. The van der Waals surface area contributed by atoms with Crippen LogP contribution in [-0.2, 0) is 19.6 Å². The second-order valence-electron chi connectivity index (χ2n) is 10.6. The third-order valence-corrected chi connectivity index (χ3v) is 6.85. The van der Waals surface area contributed by atoms with Crippen molar-refractivity contribution < 1.29 is 19.4 Å². The van der Waals surface area contributed by atoms with Crippen LogP contribution in [0.4, 0.5) is 0 Å². The van der Waals surface area contributed by atoms with Gasteiger partial charge in [0.2, 0.25) is 0 Å². The average molecular weight is 518 g/mol.